The Labute approximate surface area is 292 Å². The summed E-state index contributed by atoms with van der Waals surface area (Å²) < 4.78 is 6.93. The van der Waals surface area contributed by atoms with E-state index in [1.807, 2.05) is 0 Å². The Morgan fingerprint density at radius 2 is 0.940 bits per heavy atom. The van der Waals surface area contributed by atoms with E-state index in [0.717, 1.165) is 11.5 Å². The maximum atomic E-state index is 6.93. The molecule has 8 aromatic carbocycles. The molecule has 0 fully saturated rings. The fourth-order valence-corrected chi connectivity index (χ4v) is 9.62. The molecule has 1 heterocycles. The van der Waals surface area contributed by atoms with Crippen LogP contribution in [-0.2, 0) is 10.8 Å². The molecule has 1 unspecified atom stereocenters. The zero-order valence-electron chi connectivity index (χ0n) is 27.7. The summed E-state index contributed by atoms with van der Waals surface area (Å²) in [6.45, 7) is 2.39. The quantitative estimate of drug-likeness (QED) is 0.183. The van der Waals surface area contributed by atoms with Crippen LogP contribution in [-0.4, -0.2) is 0 Å². The van der Waals surface area contributed by atoms with Crippen molar-refractivity contribution in [2.24, 2.45) is 0 Å². The van der Waals surface area contributed by atoms with E-state index in [4.69, 9.17) is 4.74 Å². The van der Waals surface area contributed by atoms with Crippen molar-refractivity contribution < 1.29 is 4.74 Å². The topological polar surface area (TPSA) is 9.23 Å². The molecule has 0 bridgehead atoms. The van der Waals surface area contributed by atoms with Crippen LogP contribution in [0.1, 0.15) is 45.9 Å². The average molecular weight is 637 g/mol. The van der Waals surface area contributed by atoms with Crippen molar-refractivity contribution in [1.29, 1.82) is 0 Å². The first-order valence-electron chi connectivity index (χ1n) is 17.5. The predicted molar refractivity (Wildman–Crippen MR) is 204 cm³/mol. The number of rotatable bonds is 2. The van der Waals surface area contributed by atoms with E-state index >= 15 is 0 Å². The van der Waals surface area contributed by atoms with Crippen LogP contribution in [0.3, 0.4) is 0 Å². The number of ether oxygens (including phenoxy) is 1. The summed E-state index contributed by atoms with van der Waals surface area (Å²) in [7, 11) is 0. The summed E-state index contributed by atoms with van der Waals surface area (Å²) in [4.78, 5) is 0. The van der Waals surface area contributed by atoms with Crippen molar-refractivity contribution in [2.45, 2.75) is 17.8 Å². The fraction of sp³-hybridized carbons (Fsp3) is 0.0612. The maximum Gasteiger partial charge on any atom is 0.132 e. The van der Waals surface area contributed by atoms with Gasteiger partial charge in [-0.15, -0.1) is 0 Å². The molecule has 1 aliphatic heterocycles. The molecule has 0 saturated carbocycles. The second-order valence-corrected chi connectivity index (χ2v) is 14.1. The van der Waals surface area contributed by atoms with Gasteiger partial charge < -0.3 is 4.74 Å². The molecule has 0 saturated heterocycles. The molecule has 0 amide bonds. The molecule has 1 nitrogen and oxygen atoms in total. The number of fused-ring (bicyclic) bond motifs is 13. The summed E-state index contributed by atoms with van der Waals surface area (Å²) in [5.41, 5.74) is 15.8. The van der Waals surface area contributed by atoms with Crippen molar-refractivity contribution in [1.82, 2.24) is 0 Å². The monoisotopic (exact) mass is 636 g/mol. The third-order valence-corrected chi connectivity index (χ3v) is 11.8. The molecule has 11 rings (SSSR count). The molecule has 1 atom stereocenters. The number of hydrogen-bond donors (Lipinski definition) is 0. The summed E-state index contributed by atoms with van der Waals surface area (Å²) in [6.07, 6.45) is 0. The van der Waals surface area contributed by atoms with Gasteiger partial charge in [-0.1, -0.05) is 152 Å². The minimum Gasteiger partial charge on any atom is -0.457 e. The molecule has 3 aliphatic rings. The Balaban J connectivity index is 1.22. The lowest BCUT2D eigenvalue weighted by Crippen LogP contribution is -2.32. The van der Waals surface area contributed by atoms with E-state index in [2.05, 4.69) is 183 Å². The van der Waals surface area contributed by atoms with Gasteiger partial charge in [0.2, 0.25) is 0 Å². The molecule has 0 N–H and O–H groups in total. The van der Waals surface area contributed by atoms with Gasteiger partial charge in [-0.3, -0.25) is 0 Å². The minimum atomic E-state index is -0.537. The Kier molecular flexibility index (Phi) is 5.51. The molecule has 50 heavy (non-hydrogen) atoms. The smallest absolute Gasteiger partial charge is 0.132 e. The lowest BCUT2D eigenvalue weighted by atomic mass is 9.65. The second-order valence-electron chi connectivity index (χ2n) is 14.1. The van der Waals surface area contributed by atoms with Crippen LogP contribution >= 0.6 is 0 Å². The highest BCUT2D eigenvalue weighted by atomic mass is 16.5. The van der Waals surface area contributed by atoms with Crippen molar-refractivity contribution in [3.8, 4) is 44.9 Å². The summed E-state index contributed by atoms with van der Waals surface area (Å²) in [6, 6.07) is 64.9. The first-order chi connectivity index (χ1) is 24.7. The first-order valence-corrected chi connectivity index (χ1v) is 17.5. The molecular weight excluding hydrogens is 605 g/mol. The average Bonchev–Trinajstić information content (AvgIpc) is 3.62. The third-order valence-electron chi connectivity index (χ3n) is 11.8. The van der Waals surface area contributed by atoms with E-state index in [0.29, 0.717) is 0 Å². The number of benzene rings is 8. The molecule has 0 radical (unpaired) electrons. The summed E-state index contributed by atoms with van der Waals surface area (Å²) in [5.74, 6) is 1.83. The van der Waals surface area contributed by atoms with Crippen LogP contribution < -0.4 is 4.74 Å². The number of hydrogen-bond acceptors (Lipinski definition) is 1. The molecular formula is C49H32O. The van der Waals surface area contributed by atoms with Crippen LogP contribution in [0.25, 0.3) is 44.2 Å². The van der Waals surface area contributed by atoms with E-state index in [9.17, 15) is 0 Å². The van der Waals surface area contributed by atoms with Gasteiger partial charge in [-0.25, -0.2) is 0 Å². The van der Waals surface area contributed by atoms with Crippen molar-refractivity contribution >= 4 is 10.8 Å². The Hall–Kier alpha value is -6.18. The van der Waals surface area contributed by atoms with Crippen LogP contribution in [0.2, 0.25) is 0 Å². The van der Waals surface area contributed by atoms with Crippen molar-refractivity contribution in [3.63, 3.8) is 0 Å². The van der Waals surface area contributed by atoms with Crippen LogP contribution in [0, 0.1) is 0 Å². The van der Waals surface area contributed by atoms with Gasteiger partial charge in [-0.2, -0.15) is 0 Å². The highest BCUT2D eigenvalue weighted by molar-refractivity contribution is 5.96. The lowest BCUT2D eigenvalue weighted by Gasteiger charge is -2.40. The van der Waals surface area contributed by atoms with Crippen molar-refractivity contribution in [2.75, 3.05) is 0 Å². The van der Waals surface area contributed by atoms with E-state index in [-0.39, 0.29) is 5.41 Å². The summed E-state index contributed by atoms with van der Waals surface area (Å²) in [5, 5.41) is 2.40. The second kappa shape index (κ2) is 9.94. The Morgan fingerprint density at radius 3 is 1.68 bits per heavy atom. The fourth-order valence-electron chi connectivity index (χ4n) is 9.62. The van der Waals surface area contributed by atoms with Gasteiger partial charge >= 0.3 is 0 Å². The van der Waals surface area contributed by atoms with Gasteiger partial charge in [-0.05, 0) is 103 Å². The van der Waals surface area contributed by atoms with E-state index in [1.54, 1.807) is 0 Å². The van der Waals surface area contributed by atoms with Crippen LogP contribution in [0.4, 0.5) is 0 Å². The Bertz CT molecular complexity index is 2660. The highest BCUT2D eigenvalue weighted by Crippen LogP contribution is 2.63. The largest absolute Gasteiger partial charge is 0.457 e. The molecule has 0 aromatic heterocycles. The Morgan fingerprint density at radius 1 is 0.380 bits per heavy atom. The highest BCUT2D eigenvalue weighted by Gasteiger charge is 2.51. The lowest BCUT2D eigenvalue weighted by molar-refractivity contribution is 0.437. The molecule has 234 valence electrons. The maximum absolute atomic E-state index is 6.93. The van der Waals surface area contributed by atoms with Gasteiger partial charge in [0.25, 0.3) is 0 Å². The van der Waals surface area contributed by atoms with Crippen molar-refractivity contribution in [3.05, 3.63) is 215 Å². The van der Waals surface area contributed by atoms with Crippen LogP contribution in [0.15, 0.2) is 176 Å². The SMILES string of the molecule is CC1(c2ccccc2)c2ccccc2-c2c(-c3ccc4c(c3)C3(c5cc6ccccc6cc5O4)c4ccccc4-c4ccccc43)cccc21. The first kappa shape index (κ1) is 27.7. The van der Waals surface area contributed by atoms with E-state index < -0.39 is 5.41 Å². The zero-order valence-corrected chi connectivity index (χ0v) is 27.7. The van der Waals surface area contributed by atoms with Gasteiger partial charge in [0.05, 0.1) is 5.41 Å². The third kappa shape index (κ3) is 3.42. The van der Waals surface area contributed by atoms with Gasteiger partial charge in [0.1, 0.15) is 11.5 Å². The summed E-state index contributed by atoms with van der Waals surface area (Å²) >= 11 is 0. The van der Waals surface area contributed by atoms with Gasteiger partial charge in [0, 0.05) is 16.5 Å². The molecule has 8 aromatic rings. The van der Waals surface area contributed by atoms with Gasteiger partial charge in [0.15, 0.2) is 0 Å². The van der Waals surface area contributed by atoms with Crippen LogP contribution in [0.5, 0.6) is 11.5 Å². The standard InChI is InChI=1S/C49H32O/c1-48(34-16-3-2-4-17-34)39-22-10-9-20-38(39)47-35(21-13-25-42(47)48)33-26-27-45-43(29-33)49(44-28-31-14-5-6-15-32(31)30-46(44)50-45)40-23-11-7-18-36(40)37-19-8-12-24-41(37)49/h2-30H,1H3. The zero-order chi connectivity index (χ0) is 33.0. The predicted octanol–water partition coefficient (Wildman–Crippen LogP) is 12.3. The normalized spacial score (nSPS) is 16.9. The molecule has 1 spiro atoms. The molecule has 1 heteroatoms. The minimum absolute atomic E-state index is 0.259. The molecule has 2 aliphatic carbocycles. The van der Waals surface area contributed by atoms with E-state index in [1.165, 1.54) is 83.1 Å².